The minimum absolute atomic E-state index is 0.388. The Morgan fingerprint density at radius 2 is 1.93 bits per heavy atom. The Morgan fingerprint density at radius 1 is 1.20 bits per heavy atom. The van der Waals surface area contributed by atoms with Crippen LogP contribution in [0.2, 0.25) is 0 Å². The Balaban J connectivity index is 2.41. The van der Waals surface area contributed by atoms with Gasteiger partial charge in [-0.3, -0.25) is 4.79 Å². The van der Waals surface area contributed by atoms with Crippen molar-refractivity contribution >= 4 is 6.29 Å². The first-order valence-electron chi connectivity index (χ1n) is 4.97. The maximum atomic E-state index is 10.7. The molecule has 0 saturated carbocycles. The van der Waals surface area contributed by atoms with Crippen molar-refractivity contribution in [3.8, 4) is 11.1 Å². The van der Waals surface area contributed by atoms with E-state index < -0.39 is 0 Å². The van der Waals surface area contributed by atoms with Crippen LogP contribution in [-0.2, 0) is 6.42 Å². The van der Waals surface area contributed by atoms with E-state index in [4.69, 9.17) is 4.42 Å². The monoisotopic (exact) mass is 200 g/mol. The lowest BCUT2D eigenvalue weighted by atomic mass is 10.0. The predicted molar refractivity (Wildman–Crippen MR) is 58.9 cm³/mol. The third-order valence-electron chi connectivity index (χ3n) is 2.48. The molecule has 1 aromatic carbocycles. The van der Waals surface area contributed by atoms with E-state index in [1.807, 2.05) is 18.2 Å². The summed E-state index contributed by atoms with van der Waals surface area (Å²) in [5.74, 6) is 0.388. The van der Waals surface area contributed by atoms with Crippen LogP contribution in [0.25, 0.3) is 11.1 Å². The molecule has 2 rings (SSSR count). The van der Waals surface area contributed by atoms with Gasteiger partial charge in [0, 0.05) is 5.56 Å². The lowest BCUT2D eigenvalue weighted by Gasteiger charge is -2.00. The van der Waals surface area contributed by atoms with Crippen LogP contribution in [0.3, 0.4) is 0 Å². The van der Waals surface area contributed by atoms with Crippen molar-refractivity contribution in [1.29, 1.82) is 0 Å². The molecular formula is C13H12O2. The lowest BCUT2D eigenvalue weighted by Crippen LogP contribution is -1.83. The second-order valence-corrected chi connectivity index (χ2v) is 3.37. The molecule has 0 aliphatic rings. The maximum Gasteiger partial charge on any atom is 0.185 e. The van der Waals surface area contributed by atoms with Gasteiger partial charge in [-0.15, -0.1) is 0 Å². The standard InChI is InChI=1S/C13H12O2/c1-2-10-3-5-11(6-4-10)12-7-8-15-13(12)9-14/h3-9H,2H2,1H3. The highest BCUT2D eigenvalue weighted by Gasteiger charge is 2.06. The van der Waals surface area contributed by atoms with Crippen molar-refractivity contribution < 1.29 is 9.21 Å². The van der Waals surface area contributed by atoms with Gasteiger partial charge >= 0.3 is 0 Å². The molecule has 0 radical (unpaired) electrons. The highest BCUT2D eigenvalue weighted by atomic mass is 16.3. The zero-order valence-corrected chi connectivity index (χ0v) is 8.57. The molecule has 0 saturated heterocycles. The number of carbonyl (C=O) groups excluding carboxylic acids is 1. The second-order valence-electron chi connectivity index (χ2n) is 3.37. The summed E-state index contributed by atoms with van der Waals surface area (Å²) in [7, 11) is 0. The summed E-state index contributed by atoms with van der Waals surface area (Å²) >= 11 is 0. The molecule has 0 spiro atoms. The maximum absolute atomic E-state index is 10.7. The zero-order valence-electron chi connectivity index (χ0n) is 8.57. The summed E-state index contributed by atoms with van der Waals surface area (Å²) in [6.45, 7) is 2.11. The van der Waals surface area contributed by atoms with Gasteiger partial charge in [0.05, 0.1) is 6.26 Å². The van der Waals surface area contributed by atoms with Crippen LogP contribution >= 0.6 is 0 Å². The molecule has 0 fully saturated rings. The first-order chi connectivity index (χ1) is 7.35. The molecule has 0 aliphatic heterocycles. The van der Waals surface area contributed by atoms with Gasteiger partial charge in [-0.25, -0.2) is 0 Å². The lowest BCUT2D eigenvalue weighted by molar-refractivity contribution is 0.110. The van der Waals surface area contributed by atoms with E-state index in [0.29, 0.717) is 5.76 Å². The molecule has 76 valence electrons. The van der Waals surface area contributed by atoms with Gasteiger partial charge < -0.3 is 4.42 Å². The number of aldehydes is 1. The number of benzene rings is 1. The number of hydrogen-bond acceptors (Lipinski definition) is 2. The van der Waals surface area contributed by atoms with Gasteiger partial charge in [-0.2, -0.15) is 0 Å². The summed E-state index contributed by atoms with van der Waals surface area (Å²) < 4.78 is 5.06. The van der Waals surface area contributed by atoms with Gasteiger partial charge in [0.1, 0.15) is 0 Å². The summed E-state index contributed by atoms with van der Waals surface area (Å²) in [4.78, 5) is 10.7. The number of aryl methyl sites for hydroxylation is 1. The van der Waals surface area contributed by atoms with Gasteiger partial charge in [-0.05, 0) is 23.6 Å². The van der Waals surface area contributed by atoms with E-state index in [-0.39, 0.29) is 0 Å². The molecule has 0 bridgehead atoms. The number of hydrogen-bond donors (Lipinski definition) is 0. The van der Waals surface area contributed by atoms with E-state index >= 15 is 0 Å². The minimum atomic E-state index is 0.388. The van der Waals surface area contributed by atoms with Crippen LogP contribution in [0, 0.1) is 0 Å². The van der Waals surface area contributed by atoms with E-state index in [0.717, 1.165) is 23.8 Å². The van der Waals surface area contributed by atoms with Crippen LogP contribution in [0.4, 0.5) is 0 Å². The summed E-state index contributed by atoms with van der Waals surface area (Å²) in [5, 5.41) is 0. The fraction of sp³-hybridized carbons (Fsp3) is 0.154. The molecule has 2 nitrogen and oxygen atoms in total. The summed E-state index contributed by atoms with van der Waals surface area (Å²) in [5.41, 5.74) is 3.16. The smallest absolute Gasteiger partial charge is 0.185 e. The number of carbonyl (C=O) groups is 1. The highest BCUT2D eigenvalue weighted by Crippen LogP contribution is 2.23. The Morgan fingerprint density at radius 3 is 2.53 bits per heavy atom. The van der Waals surface area contributed by atoms with Crippen LogP contribution in [0.5, 0.6) is 0 Å². The van der Waals surface area contributed by atoms with E-state index in [1.165, 1.54) is 11.8 Å². The van der Waals surface area contributed by atoms with E-state index in [1.54, 1.807) is 0 Å². The number of rotatable bonds is 3. The molecule has 0 N–H and O–H groups in total. The van der Waals surface area contributed by atoms with Gasteiger partial charge in [0.25, 0.3) is 0 Å². The molecule has 0 aliphatic carbocycles. The highest BCUT2D eigenvalue weighted by molar-refractivity contribution is 5.84. The summed E-state index contributed by atoms with van der Waals surface area (Å²) in [6.07, 6.45) is 3.29. The molecule has 2 heteroatoms. The van der Waals surface area contributed by atoms with Crippen molar-refractivity contribution in [3.05, 3.63) is 47.9 Å². The van der Waals surface area contributed by atoms with Crippen molar-refractivity contribution in [2.75, 3.05) is 0 Å². The normalized spacial score (nSPS) is 10.2. The van der Waals surface area contributed by atoms with E-state index in [2.05, 4.69) is 19.1 Å². The molecule has 1 aromatic heterocycles. The Bertz CT molecular complexity index is 452. The summed E-state index contributed by atoms with van der Waals surface area (Å²) in [6, 6.07) is 9.96. The first-order valence-corrected chi connectivity index (χ1v) is 4.97. The van der Waals surface area contributed by atoms with Crippen molar-refractivity contribution in [2.24, 2.45) is 0 Å². The van der Waals surface area contributed by atoms with Gasteiger partial charge in [0.15, 0.2) is 12.0 Å². The Hall–Kier alpha value is -1.83. The van der Waals surface area contributed by atoms with Crippen molar-refractivity contribution in [1.82, 2.24) is 0 Å². The fourth-order valence-electron chi connectivity index (χ4n) is 1.57. The molecule has 1 heterocycles. The van der Waals surface area contributed by atoms with Gasteiger partial charge in [0.2, 0.25) is 0 Å². The topological polar surface area (TPSA) is 30.2 Å². The van der Waals surface area contributed by atoms with Gasteiger partial charge in [-0.1, -0.05) is 31.2 Å². The predicted octanol–water partition coefficient (Wildman–Crippen LogP) is 3.32. The molecule has 0 atom stereocenters. The largest absolute Gasteiger partial charge is 0.461 e. The van der Waals surface area contributed by atoms with E-state index in [9.17, 15) is 4.79 Å². The molecule has 15 heavy (non-hydrogen) atoms. The number of furan rings is 1. The third-order valence-corrected chi connectivity index (χ3v) is 2.48. The average Bonchev–Trinajstić information content (AvgIpc) is 2.77. The fourth-order valence-corrected chi connectivity index (χ4v) is 1.57. The third kappa shape index (κ3) is 1.84. The van der Waals surface area contributed by atoms with Crippen LogP contribution in [0.15, 0.2) is 41.0 Å². The average molecular weight is 200 g/mol. The van der Waals surface area contributed by atoms with Crippen LogP contribution in [0.1, 0.15) is 23.0 Å². The Labute approximate surface area is 88.5 Å². The van der Waals surface area contributed by atoms with Crippen LogP contribution < -0.4 is 0 Å². The quantitative estimate of drug-likeness (QED) is 0.711. The van der Waals surface area contributed by atoms with Crippen LogP contribution in [-0.4, -0.2) is 6.29 Å². The SMILES string of the molecule is CCc1ccc(-c2ccoc2C=O)cc1. The van der Waals surface area contributed by atoms with Crippen molar-refractivity contribution in [3.63, 3.8) is 0 Å². The first kappa shape index (κ1) is 9.71. The second kappa shape index (κ2) is 4.13. The molecule has 2 aromatic rings. The molecular weight excluding hydrogens is 188 g/mol. The Kier molecular flexibility index (Phi) is 2.68. The van der Waals surface area contributed by atoms with Crippen molar-refractivity contribution in [2.45, 2.75) is 13.3 Å². The minimum Gasteiger partial charge on any atom is -0.461 e. The zero-order chi connectivity index (χ0) is 10.7. The molecule has 0 unspecified atom stereocenters. The molecule has 0 amide bonds.